The highest BCUT2D eigenvalue weighted by atomic mass is 16.5. The maximum absolute atomic E-state index is 11.0. The van der Waals surface area contributed by atoms with Crippen LogP contribution >= 0.6 is 0 Å². The number of hydrogen-bond acceptors (Lipinski definition) is 4. The molecule has 0 bridgehead atoms. The minimum atomic E-state index is -0.459. The number of benzene rings is 1. The number of anilines is 2. The summed E-state index contributed by atoms with van der Waals surface area (Å²) < 4.78 is 9.84. The minimum Gasteiger partial charge on any atom is -0.453 e. The van der Waals surface area contributed by atoms with Gasteiger partial charge in [-0.05, 0) is 30.7 Å². The number of ether oxygens (including phenoxy) is 2. The van der Waals surface area contributed by atoms with E-state index in [4.69, 9.17) is 4.74 Å². The van der Waals surface area contributed by atoms with Crippen LogP contribution in [0.4, 0.5) is 16.2 Å². The van der Waals surface area contributed by atoms with Crippen molar-refractivity contribution in [1.82, 2.24) is 0 Å². The van der Waals surface area contributed by atoms with Crippen LogP contribution in [0, 0.1) is 5.92 Å². The minimum absolute atomic E-state index is 0.459. The molecule has 0 radical (unpaired) electrons. The van der Waals surface area contributed by atoms with E-state index in [-0.39, 0.29) is 0 Å². The van der Waals surface area contributed by atoms with Gasteiger partial charge in [0.25, 0.3) is 0 Å². The molecule has 5 nitrogen and oxygen atoms in total. The van der Waals surface area contributed by atoms with Gasteiger partial charge in [-0.1, -0.05) is 0 Å². The zero-order valence-electron chi connectivity index (χ0n) is 10.4. The van der Waals surface area contributed by atoms with Crippen LogP contribution in [-0.2, 0) is 9.47 Å². The number of carbonyl (C=O) groups excluding carboxylic acids is 1. The lowest BCUT2D eigenvalue weighted by Crippen LogP contribution is -2.14. The van der Waals surface area contributed by atoms with Gasteiger partial charge in [-0.25, -0.2) is 4.79 Å². The van der Waals surface area contributed by atoms with Crippen LogP contribution in [0.1, 0.15) is 6.42 Å². The Morgan fingerprint density at radius 1 is 1.39 bits per heavy atom. The molecule has 1 aliphatic heterocycles. The second-order valence-corrected chi connectivity index (χ2v) is 4.30. The Balaban J connectivity index is 1.81. The predicted molar refractivity (Wildman–Crippen MR) is 69.9 cm³/mol. The lowest BCUT2D eigenvalue weighted by atomic mass is 10.1. The molecule has 1 fully saturated rings. The molecule has 1 aromatic rings. The molecule has 5 heteroatoms. The van der Waals surface area contributed by atoms with Crippen molar-refractivity contribution in [3.05, 3.63) is 24.3 Å². The van der Waals surface area contributed by atoms with Crippen molar-refractivity contribution in [2.24, 2.45) is 5.92 Å². The lowest BCUT2D eigenvalue weighted by molar-refractivity contribution is 0.187. The Bertz CT molecular complexity index is 386. The highest BCUT2D eigenvalue weighted by Crippen LogP contribution is 2.16. The fourth-order valence-electron chi connectivity index (χ4n) is 1.85. The standard InChI is InChI=1S/C13H18N2O3/c1-17-13(16)15-12-4-2-11(3-5-12)14-8-10-6-7-18-9-10/h2-5,10,14H,6-9H2,1H3,(H,15,16). The van der Waals surface area contributed by atoms with Crippen LogP contribution in [0.15, 0.2) is 24.3 Å². The first kappa shape index (κ1) is 12.7. The van der Waals surface area contributed by atoms with Crippen molar-refractivity contribution >= 4 is 17.5 Å². The van der Waals surface area contributed by atoms with Gasteiger partial charge in [0.1, 0.15) is 0 Å². The molecular formula is C13H18N2O3. The molecule has 1 heterocycles. The smallest absolute Gasteiger partial charge is 0.411 e. The molecule has 0 aromatic heterocycles. The van der Waals surface area contributed by atoms with Gasteiger partial charge < -0.3 is 14.8 Å². The van der Waals surface area contributed by atoms with Crippen LogP contribution in [-0.4, -0.2) is 33.0 Å². The Morgan fingerprint density at radius 3 is 2.72 bits per heavy atom. The topological polar surface area (TPSA) is 59.6 Å². The number of nitrogens with one attached hydrogen (secondary N) is 2. The monoisotopic (exact) mass is 250 g/mol. The Labute approximate surface area is 106 Å². The summed E-state index contributed by atoms with van der Waals surface area (Å²) in [4.78, 5) is 11.0. The summed E-state index contributed by atoms with van der Waals surface area (Å²) in [5, 5.41) is 5.96. The first-order valence-electron chi connectivity index (χ1n) is 6.04. The molecule has 18 heavy (non-hydrogen) atoms. The van der Waals surface area contributed by atoms with Gasteiger partial charge >= 0.3 is 6.09 Å². The highest BCUT2D eigenvalue weighted by molar-refractivity contribution is 5.84. The van der Waals surface area contributed by atoms with Gasteiger partial charge in [-0.15, -0.1) is 0 Å². The quantitative estimate of drug-likeness (QED) is 0.861. The third-order valence-electron chi connectivity index (χ3n) is 2.94. The van der Waals surface area contributed by atoms with Crippen molar-refractivity contribution in [2.75, 3.05) is 37.5 Å². The summed E-state index contributed by atoms with van der Waals surface area (Å²) in [6.07, 6.45) is 0.661. The SMILES string of the molecule is COC(=O)Nc1ccc(NCC2CCOC2)cc1. The summed E-state index contributed by atoms with van der Waals surface area (Å²) >= 11 is 0. The van der Waals surface area contributed by atoms with E-state index in [1.807, 2.05) is 24.3 Å². The first-order chi connectivity index (χ1) is 8.78. The molecule has 2 rings (SSSR count). The van der Waals surface area contributed by atoms with Crippen LogP contribution in [0.3, 0.4) is 0 Å². The van der Waals surface area contributed by atoms with E-state index in [2.05, 4.69) is 15.4 Å². The maximum Gasteiger partial charge on any atom is 0.411 e. The molecule has 2 N–H and O–H groups in total. The molecule has 0 aliphatic carbocycles. The van der Waals surface area contributed by atoms with Crippen LogP contribution in [0.5, 0.6) is 0 Å². The Morgan fingerprint density at radius 2 is 2.11 bits per heavy atom. The third-order valence-corrected chi connectivity index (χ3v) is 2.94. The molecule has 1 unspecified atom stereocenters. The average molecular weight is 250 g/mol. The summed E-state index contributed by atoms with van der Waals surface area (Å²) in [5.74, 6) is 0.595. The maximum atomic E-state index is 11.0. The summed E-state index contributed by atoms with van der Waals surface area (Å²) in [7, 11) is 1.34. The molecule has 0 saturated carbocycles. The van der Waals surface area contributed by atoms with E-state index in [0.29, 0.717) is 5.92 Å². The molecule has 1 aromatic carbocycles. The number of rotatable bonds is 4. The number of carbonyl (C=O) groups is 1. The second-order valence-electron chi connectivity index (χ2n) is 4.30. The van der Waals surface area contributed by atoms with E-state index < -0.39 is 6.09 Å². The van der Waals surface area contributed by atoms with Gasteiger partial charge in [-0.3, -0.25) is 5.32 Å². The van der Waals surface area contributed by atoms with Gasteiger partial charge in [0.2, 0.25) is 0 Å². The Hall–Kier alpha value is -1.75. The van der Waals surface area contributed by atoms with E-state index in [1.165, 1.54) is 7.11 Å². The van der Waals surface area contributed by atoms with Crippen molar-refractivity contribution in [1.29, 1.82) is 0 Å². The number of methoxy groups -OCH3 is 1. The van der Waals surface area contributed by atoms with Crippen molar-refractivity contribution in [2.45, 2.75) is 6.42 Å². The van der Waals surface area contributed by atoms with Gasteiger partial charge in [0.15, 0.2) is 0 Å². The zero-order valence-corrected chi connectivity index (χ0v) is 10.4. The van der Waals surface area contributed by atoms with Crippen molar-refractivity contribution in [3.63, 3.8) is 0 Å². The van der Waals surface area contributed by atoms with E-state index >= 15 is 0 Å². The molecule has 1 atom stereocenters. The fourth-order valence-corrected chi connectivity index (χ4v) is 1.85. The van der Waals surface area contributed by atoms with Crippen LogP contribution in [0.25, 0.3) is 0 Å². The Kier molecular flexibility index (Phi) is 4.41. The van der Waals surface area contributed by atoms with E-state index in [1.54, 1.807) is 0 Å². The summed E-state index contributed by atoms with van der Waals surface area (Å²) in [6, 6.07) is 7.54. The zero-order chi connectivity index (χ0) is 12.8. The van der Waals surface area contributed by atoms with Crippen molar-refractivity contribution in [3.8, 4) is 0 Å². The molecule has 0 spiro atoms. The van der Waals surface area contributed by atoms with E-state index in [9.17, 15) is 4.79 Å². The normalized spacial score (nSPS) is 18.4. The van der Waals surface area contributed by atoms with E-state index in [0.717, 1.165) is 37.6 Å². The molecular weight excluding hydrogens is 232 g/mol. The van der Waals surface area contributed by atoms with Crippen molar-refractivity contribution < 1.29 is 14.3 Å². The molecule has 1 saturated heterocycles. The van der Waals surface area contributed by atoms with Gasteiger partial charge in [0, 0.05) is 30.4 Å². The van der Waals surface area contributed by atoms with Gasteiger partial charge in [0.05, 0.1) is 13.7 Å². The molecule has 98 valence electrons. The highest BCUT2D eigenvalue weighted by Gasteiger charge is 2.14. The van der Waals surface area contributed by atoms with Crippen LogP contribution in [0.2, 0.25) is 0 Å². The second kappa shape index (κ2) is 6.26. The number of hydrogen-bond donors (Lipinski definition) is 2. The molecule has 1 aliphatic rings. The fraction of sp³-hybridized carbons (Fsp3) is 0.462. The largest absolute Gasteiger partial charge is 0.453 e. The number of amides is 1. The average Bonchev–Trinajstić information content (AvgIpc) is 2.91. The third kappa shape index (κ3) is 3.63. The molecule has 1 amide bonds. The predicted octanol–water partition coefficient (Wildman–Crippen LogP) is 2.31. The lowest BCUT2D eigenvalue weighted by Gasteiger charge is -2.11. The van der Waals surface area contributed by atoms with Gasteiger partial charge in [-0.2, -0.15) is 0 Å². The summed E-state index contributed by atoms with van der Waals surface area (Å²) in [6.45, 7) is 2.63. The van der Waals surface area contributed by atoms with Crippen LogP contribution < -0.4 is 10.6 Å². The first-order valence-corrected chi connectivity index (χ1v) is 6.04. The summed E-state index contributed by atoms with van der Waals surface area (Å²) in [5.41, 5.74) is 1.76.